The lowest BCUT2D eigenvalue weighted by atomic mass is 9.83. The summed E-state index contributed by atoms with van der Waals surface area (Å²) in [5.74, 6) is -1.21. The van der Waals surface area contributed by atoms with E-state index in [1.165, 1.54) is 33.3 Å². The van der Waals surface area contributed by atoms with Crippen molar-refractivity contribution < 1.29 is 63.8 Å². The molecule has 2 rings (SSSR count). The van der Waals surface area contributed by atoms with Crippen LogP contribution in [0.3, 0.4) is 0 Å². The molecule has 0 fully saturated rings. The van der Waals surface area contributed by atoms with Crippen molar-refractivity contribution in [2.24, 2.45) is 0 Å². The molecule has 0 N–H and O–H groups in total. The zero-order valence-electron chi connectivity index (χ0n) is 25.7. The highest BCUT2D eigenvalue weighted by Crippen LogP contribution is 2.47. The van der Waals surface area contributed by atoms with Crippen LogP contribution in [0.5, 0.6) is 0 Å². The van der Waals surface area contributed by atoms with Crippen LogP contribution in [0.2, 0.25) is 0 Å². The van der Waals surface area contributed by atoms with E-state index < -0.39 is 54.5 Å². The molecule has 0 aromatic heterocycles. The molecule has 0 bridgehead atoms. The van der Waals surface area contributed by atoms with Crippen LogP contribution in [0, 0.1) is 0 Å². The minimum atomic E-state index is -4.95. The van der Waals surface area contributed by atoms with E-state index in [1.54, 1.807) is 51.1 Å². The average molecular weight is 671 g/mol. The molecule has 15 heteroatoms. The first-order valence-electron chi connectivity index (χ1n) is 13.5. The molecule has 0 aliphatic rings. The highest BCUT2D eigenvalue weighted by Gasteiger charge is 2.37. The molecular weight excluding hydrogens is 633 g/mol. The Morgan fingerprint density at radius 2 is 1.36 bits per heavy atom. The number of halogens is 6. The van der Waals surface area contributed by atoms with E-state index in [9.17, 15) is 40.5 Å². The van der Waals surface area contributed by atoms with E-state index in [4.69, 9.17) is 13.8 Å². The standard InChI is InChI=1S/C23H22F6O3.C7H15O5P/c1-15(16-11-18(22(24,25)26)13-19(12-16)23(27,28)29)32-14-21(2,10-9-20(30)31-3)17-7-5-4-6-8-17;1-4-11-13(9,12-5-2)6-7(8)10-3/h4-13,15H,14H2,1-3H3;4-6H2,1-3H3/b10-9+;/t15-,21+;/m1./s1. The van der Waals surface area contributed by atoms with Gasteiger partial charge in [-0.25, -0.2) is 4.79 Å². The number of alkyl halides is 6. The number of ether oxygens (including phenoxy) is 3. The fourth-order valence-corrected chi connectivity index (χ4v) is 5.21. The van der Waals surface area contributed by atoms with Crippen LogP contribution in [-0.2, 0) is 55.2 Å². The van der Waals surface area contributed by atoms with Gasteiger partial charge in [-0.3, -0.25) is 9.36 Å². The molecule has 0 heterocycles. The van der Waals surface area contributed by atoms with E-state index in [0.717, 1.165) is 5.56 Å². The molecule has 0 unspecified atom stereocenters. The normalized spacial score (nSPS) is 14.2. The fraction of sp³-hybridized carbons (Fsp3) is 0.467. The van der Waals surface area contributed by atoms with Crippen molar-refractivity contribution in [1.29, 1.82) is 0 Å². The van der Waals surface area contributed by atoms with Crippen molar-refractivity contribution in [3.05, 3.63) is 82.9 Å². The number of carbonyl (C=O) groups is 2. The molecule has 2 aromatic rings. The van der Waals surface area contributed by atoms with Gasteiger partial charge in [-0.1, -0.05) is 36.4 Å². The van der Waals surface area contributed by atoms with Crippen molar-refractivity contribution in [1.82, 2.24) is 0 Å². The van der Waals surface area contributed by atoms with E-state index in [2.05, 4.69) is 9.47 Å². The second kappa shape index (κ2) is 17.5. The van der Waals surface area contributed by atoms with Gasteiger partial charge in [0.15, 0.2) is 0 Å². The molecule has 8 nitrogen and oxygen atoms in total. The predicted molar refractivity (Wildman–Crippen MR) is 154 cm³/mol. The summed E-state index contributed by atoms with van der Waals surface area (Å²) in [6.07, 6.45) is -8.60. The molecule has 0 amide bonds. The van der Waals surface area contributed by atoms with Gasteiger partial charge in [0.1, 0.15) is 6.16 Å². The third kappa shape index (κ3) is 13.4. The highest BCUT2D eigenvalue weighted by atomic mass is 31.2. The molecule has 45 heavy (non-hydrogen) atoms. The third-order valence-electron chi connectivity index (χ3n) is 6.14. The zero-order chi connectivity index (χ0) is 34.5. The molecule has 0 saturated heterocycles. The number of hydrogen-bond acceptors (Lipinski definition) is 8. The van der Waals surface area contributed by atoms with Gasteiger partial charge in [-0.2, -0.15) is 26.3 Å². The predicted octanol–water partition coefficient (Wildman–Crippen LogP) is 7.91. The lowest BCUT2D eigenvalue weighted by Gasteiger charge is -2.29. The van der Waals surface area contributed by atoms with Crippen LogP contribution in [0.1, 0.15) is 56.1 Å². The topological polar surface area (TPSA) is 97.4 Å². The Kier molecular flexibility index (Phi) is 15.5. The van der Waals surface area contributed by atoms with Gasteiger partial charge >= 0.3 is 31.9 Å². The number of methoxy groups -OCH3 is 2. The van der Waals surface area contributed by atoms with Gasteiger partial charge in [-0.05, 0) is 57.0 Å². The Bertz CT molecular complexity index is 1270. The molecule has 0 aliphatic carbocycles. The van der Waals surface area contributed by atoms with Gasteiger partial charge < -0.3 is 23.3 Å². The van der Waals surface area contributed by atoms with Crippen molar-refractivity contribution in [2.45, 2.75) is 51.6 Å². The van der Waals surface area contributed by atoms with Gasteiger partial charge in [0, 0.05) is 11.5 Å². The van der Waals surface area contributed by atoms with E-state index in [1.807, 2.05) is 0 Å². The Morgan fingerprint density at radius 3 is 1.78 bits per heavy atom. The van der Waals surface area contributed by atoms with Crippen molar-refractivity contribution in [3.8, 4) is 0 Å². The lowest BCUT2D eigenvalue weighted by molar-refractivity contribution is -0.143. The van der Waals surface area contributed by atoms with E-state index in [0.29, 0.717) is 12.1 Å². The first-order valence-corrected chi connectivity index (χ1v) is 15.3. The summed E-state index contributed by atoms with van der Waals surface area (Å²) < 4.78 is 115. The summed E-state index contributed by atoms with van der Waals surface area (Å²) >= 11 is 0. The number of carbonyl (C=O) groups excluding carboxylic acids is 2. The molecule has 0 spiro atoms. The minimum Gasteiger partial charge on any atom is -0.469 e. The molecule has 2 aromatic carbocycles. The zero-order valence-corrected chi connectivity index (χ0v) is 26.6. The number of esters is 2. The second-order valence-electron chi connectivity index (χ2n) is 9.61. The molecule has 0 saturated carbocycles. The first-order chi connectivity index (χ1) is 20.8. The maximum atomic E-state index is 13.1. The Balaban J connectivity index is 0.000000656. The summed E-state index contributed by atoms with van der Waals surface area (Å²) in [7, 11) is -0.834. The van der Waals surface area contributed by atoms with Crippen LogP contribution in [0.25, 0.3) is 0 Å². The largest absolute Gasteiger partial charge is 0.469 e. The number of benzene rings is 2. The lowest BCUT2D eigenvalue weighted by Crippen LogP contribution is -2.27. The smallest absolute Gasteiger partial charge is 0.416 e. The van der Waals surface area contributed by atoms with Crippen LogP contribution >= 0.6 is 7.60 Å². The van der Waals surface area contributed by atoms with E-state index >= 15 is 0 Å². The van der Waals surface area contributed by atoms with Gasteiger partial charge in [0.05, 0.1) is 51.3 Å². The van der Waals surface area contributed by atoms with E-state index in [-0.39, 0.29) is 37.6 Å². The Labute approximate surface area is 258 Å². The monoisotopic (exact) mass is 670 g/mol. The Hall–Kier alpha value is -3.19. The quantitative estimate of drug-likeness (QED) is 0.0918. The summed E-state index contributed by atoms with van der Waals surface area (Å²) in [5.41, 5.74) is -3.26. The summed E-state index contributed by atoms with van der Waals surface area (Å²) in [6, 6.07) is 10.2. The number of rotatable bonds is 13. The molecule has 0 aliphatic heterocycles. The molecule has 2 atom stereocenters. The van der Waals surface area contributed by atoms with Gasteiger partial charge in [-0.15, -0.1) is 0 Å². The van der Waals surface area contributed by atoms with Crippen LogP contribution in [0.15, 0.2) is 60.7 Å². The third-order valence-corrected chi connectivity index (χ3v) is 8.08. The molecule has 252 valence electrons. The SMILES string of the molecule is CCOP(=O)(CC(=O)OC)OCC.COC(=O)/C=C/[C@@](C)(CO[C@H](C)c1cc(C(F)(F)F)cc(C(F)(F)F)c1)c1ccccc1. The fourth-order valence-electron chi connectivity index (χ4n) is 3.72. The second-order valence-corrected chi connectivity index (χ2v) is 11.7. The summed E-state index contributed by atoms with van der Waals surface area (Å²) in [4.78, 5) is 22.4. The molecule has 0 radical (unpaired) electrons. The van der Waals surface area contributed by atoms with Crippen LogP contribution in [-0.4, -0.2) is 52.1 Å². The maximum Gasteiger partial charge on any atom is 0.416 e. The maximum absolute atomic E-state index is 13.1. The summed E-state index contributed by atoms with van der Waals surface area (Å²) in [5, 5.41) is 0. The van der Waals surface area contributed by atoms with Crippen molar-refractivity contribution in [2.75, 3.05) is 40.2 Å². The number of hydrogen-bond donors (Lipinski definition) is 0. The Morgan fingerprint density at radius 1 is 0.844 bits per heavy atom. The highest BCUT2D eigenvalue weighted by molar-refractivity contribution is 7.54. The molecular formula is C30H37F6O8P. The van der Waals surface area contributed by atoms with Gasteiger partial charge in [0.2, 0.25) is 0 Å². The first kappa shape index (κ1) is 39.8. The van der Waals surface area contributed by atoms with Crippen LogP contribution < -0.4 is 0 Å². The van der Waals surface area contributed by atoms with Gasteiger partial charge in [0.25, 0.3) is 0 Å². The average Bonchev–Trinajstić information content (AvgIpc) is 2.98. The van der Waals surface area contributed by atoms with Crippen LogP contribution in [0.4, 0.5) is 26.3 Å². The summed E-state index contributed by atoms with van der Waals surface area (Å²) in [6.45, 7) is 6.82. The van der Waals surface area contributed by atoms with Crippen molar-refractivity contribution in [3.63, 3.8) is 0 Å². The minimum absolute atomic E-state index is 0.0728. The van der Waals surface area contributed by atoms with Crippen molar-refractivity contribution >= 4 is 19.5 Å².